The Bertz CT molecular complexity index is 597. The lowest BCUT2D eigenvalue weighted by Gasteiger charge is -2.02. The van der Waals surface area contributed by atoms with E-state index in [1.165, 1.54) is 17.5 Å². The van der Waals surface area contributed by atoms with Crippen LogP contribution in [0.15, 0.2) is 12.4 Å². The summed E-state index contributed by atoms with van der Waals surface area (Å²) in [5, 5.41) is 14.9. The molecule has 0 atom stereocenters. The molecule has 0 fully saturated rings. The number of amides is 1. The molecule has 0 aliphatic heterocycles. The fourth-order valence-corrected chi connectivity index (χ4v) is 2.44. The quantitative estimate of drug-likeness (QED) is 0.873. The molecule has 0 aliphatic carbocycles. The molecule has 20 heavy (non-hydrogen) atoms. The summed E-state index contributed by atoms with van der Waals surface area (Å²) in [5.41, 5.74) is 0.234. The van der Waals surface area contributed by atoms with Crippen molar-refractivity contribution < 1.29 is 4.79 Å². The average molecular weight is 292 g/mol. The van der Waals surface area contributed by atoms with Gasteiger partial charge in [0.25, 0.3) is 5.91 Å². The SMILES string of the molecule is CNc1cncc(C(=O)Nc2nnc(CC(C)C)s2)n1. The third-order valence-electron chi connectivity index (χ3n) is 2.39. The molecule has 8 heteroatoms. The van der Waals surface area contributed by atoms with Crippen LogP contribution >= 0.6 is 11.3 Å². The van der Waals surface area contributed by atoms with Gasteiger partial charge in [-0.05, 0) is 5.92 Å². The van der Waals surface area contributed by atoms with Crippen LogP contribution in [0.25, 0.3) is 0 Å². The van der Waals surface area contributed by atoms with Gasteiger partial charge in [-0.1, -0.05) is 25.2 Å². The van der Waals surface area contributed by atoms with E-state index in [1.807, 2.05) is 0 Å². The Morgan fingerprint density at radius 3 is 2.85 bits per heavy atom. The van der Waals surface area contributed by atoms with Crippen LogP contribution in [-0.4, -0.2) is 33.1 Å². The Morgan fingerprint density at radius 2 is 2.15 bits per heavy atom. The zero-order valence-corrected chi connectivity index (χ0v) is 12.4. The van der Waals surface area contributed by atoms with E-state index in [1.54, 1.807) is 13.2 Å². The summed E-state index contributed by atoms with van der Waals surface area (Å²) in [4.78, 5) is 20.1. The smallest absolute Gasteiger partial charge is 0.277 e. The summed E-state index contributed by atoms with van der Waals surface area (Å²) in [5.74, 6) is 0.696. The molecule has 2 N–H and O–H groups in total. The first-order valence-electron chi connectivity index (χ1n) is 6.22. The minimum Gasteiger partial charge on any atom is -0.372 e. The van der Waals surface area contributed by atoms with Crippen LogP contribution in [0.4, 0.5) is 10.9 Å². The van der Waals surface area contributed by atoms with E-state index in [0.29, 0.717) is 16.9 Å². The zero-order valence-electron chi connectivity index (χ0n) is 11.5. The number of aromatic nitrogens is 4. The first-order valence-corrected chi connectivity index (χ1v) is 7.03. The molecule has 0 saturated heterocycles. The van der Waals surface area contributed by atoms with Crippen LogP contribution in [0, 0.1) is 5.92 Å². The second-order valence-electron chi connectivity index (χ2n) is 4.59. The molecular formula is C12H16N6OS. The van der Waals surface area contributed by atoms with Gasteiger partial charge in [0, 0.05) is 13.5 Å². The Labute approximate surface area is 120 Å². The van der Waals surface area contributed by atoms with Crippen LogP contribution in [0.5, 0.6) is 0 Å². The minimum atomic E-state index is -0.346. The summed E-state index contributed by atoms with van der Waals surface area (Å²) in [6, 6.07) is 0. The average Bonchev–Trinajstić information content (AvgIpc) is 2.85. The molecule has 0 radical (unpaired) electrons. The maximum atomic E-state index is 12.0. The standard InChI is InChI=1S/C12H16N6OS/c1-7(2)4-10-17-18-12(20-10)16-11(19)8-5-14-6-9(13-3)15-8/h5-7H,4H2,1-3H3,(H,13,15)(H,16,18,19). The second kappa shape index (κ2) is 6.38. The lowest BCUT2D eigenvalue weighted by Crippen LogP contribution is -2.14. The predicted molar refractivity (Wildman–Crippen MR) is 78.0 cm³/mol. The largest absolute Gasteiger partial charge is 0.372 e. The number of rotatable bonds is 5. The van der Waals surface area contributed by atoms with Crippen LogP contribution in [0.3, 0.4) is 0 Å². The third-order valence-corrected chi connectivity index (χ3v) is 3.25. The van der Waals surface area contributed by atoms with Gasteiger partial charge in [-0.25, -0.2) is 4.98 Å². The third kappa shape index (κ3) is 3.70. The molecule has 2 aromatic heterocycles. The number of hydrogen-bond donors (Lipinski definition) is 2. The van der Waals surface area contributed by atoms with Crippen molar-refractivity contribution in [1.82, 2.24) is 20.2 Å². The molecule has 0 bridgehead atoms. The minimum absolute atomic E-state index is 0.234. The highest BCUT2D eigenvalue weighted by Gasteiger charge is 2.12. The number of carbonyl (C=O) groups excluding carboxylic acids is 1. The van der Waals surface area contributed by atoms with Gasteiger partial charge in [0.1, 0.15) is 16.5 Å². The number of carbonyl (C=O) groups is 1. The molecule has 106 valence electrons. The Morgan fingerprint density at radius 1 is 1.35 bits per heavy atom. The lowest BCUT2D eigenvalue weighted by atomic mass is 10.1. The first-order chi connectivity index (χ1) is 9.58. The molecule has 0 aromatic carbocycles. The summed E-state index contributed by atoms with van der Waals surface area (Å²) in [6.07, 6.45) is 3.80. The van der Waals surface area contributed by atoms with E-state index in [4.69, 9.17) is 0 Å². The summed E-state index contributed by atoms with van der Waals surface area (Å²) >= 11 is 1.38. The van der Waals surface area contributed by atoms with Crippen molar-refractivity contribution in [2.24, 2.45) is 5.92 Å². The summed E-state index contributed by atoms with van der Waals surface area (Å²) in [6.45, 7) is 4.22. The fraction of sp³-hybridized carbons (Fsp3) is 0.417. The van der Waals surface area contributed by atoms with Crippen molar-refractivity contribution in [1.29, 1.82) is 0 Å². The maximum absolute atomic E-state index is 12.0. The molecular weight excluding hydrogens is 276 g/mol. The van der Waals surface area contributed by atoms with E-state index < -0.39 is 0 Å². The van der Waals surface area contributed by atoms with Gasteiger partial charge < -0.3 is 5.32 Å². The number of nitrogens with zero attached hydrogens (tertiary/aromatic N) is 4. The molecule has 0 unspecified atom stereocenters. The number of nitrogens with one attached hydrogen (secondary N) is 2. The van der Waals surface area contributed by atoms with E-state index >= 15 is 0 Å². The monoisotopic (exact) mass is 292 g/mol. The normalized spacial score (nSPS) is 10.6. The molecule has 2 rings (SSSR count). The van der Waals surface area contributed by atoms with E-state index in [9.17, 15) is 4.79 Å². The van der Waals surface area contributed by atoms with Crippen molar-refractivity contribution in [3.8, 4) is 0 Å². The van der Waals surface area contributed by atoms with E-state index in [0.717, 1.165) is 11.4 Å². The molecule has 0 spiro atoms. The van der Waals surface area contributed by atoms with Crippen molar-refractivity contribution in [2.45, 2.75) is 20.3 Å². The van der Waals surface area contributed by atoms with Crippen LogP contribution in [-0.2, 0) is 6.42 Å². The Kier molecular flexibility index (Phi) is 4.57. The van der Waals surface area contributed by atoms with Crippen molar-refractivity contribution in [3.63, 3.8) is 0 Å². The molecule has 1 amide bonds. The molecule has 2 heterocycles. The second-order valence-corrected chi connectivity index (χ2v) is 5.65. The van der Waals surface area contributed by atoms with Gasteiger partial charge in [0.05, 0.1) is 12.4 Å². The molecule has 0 aliphatic rings. The lowest BCUT2D eigenvalue weighted by molar-refractivity contribution is 0.102. The topological polar surface area (TPSA) is 92.7 Å². The highest BCUT2D eigenvalue weighted by molar-refractivity contribution is 7.15. The van der Waals surface area contributed by atoms with Crippen LogP contribution in [0.2, 0.25) is 0 Å². The van der Waals surface area contributed by atoms with E-state index in [-0.39, 0.29) is 11.6 Å². The Hall–Kier alpha value is -2.09. The van der Waals surface area contributed by atoms with Gasteiger partial charge in [-0.15, -0.1) is 10.2 Å². The van der Waals surface area contributed by atoms with Crippen molar-refractivity contribution >= 4 is 28.2 Å². The molecule has 0 saturated carbocycles. The molecule has 2 aromatic rings. The highest BCUT2D eigenvalue weighted by Crippen LogP contribution is 2.18. The van der Waals surface area contributed by atoms with Gasteiger partial charge in [0.15, 0.2) is 0 Å². The van der Waals surface area contributed by atoms with Crippen molar-refractivity contribution in [3.05, 3.63) is 23.1 Å². The van der Waals surface area contributed by atoms with Gasteiger partial charge >= 0.3 is 0 Å². The predicted octanol–water partition coefficient (Wildman–Crippen LogP) is 1.82. The fourth-order valence-electron chi connectivity index (χ4n) is 1.49. The van der Waals surface area contributed by atoms with Crippen molar-refractivity contribution in [2.75, 3.05) is 17.7 Å². The van der Waals surface area contributed by atoms with Gasteiger partial charge in [-0.3, -0.25) is 15.1 Å². The Balaban J connectivity index is 2.05. The highest BCUT2D eigenvalue weighted by atomic mass is 32.1. The molecule has 7 nitrogen and oxygen atoms in total. The number of anilines is 2. The summed E-state index contributed by atoms with van der Waals surface area (Å²) in [7, 11) is 1.72. The van der Waals surface area contributed by atoms with Crippen LogP contribution < -0.4 is 10.6 Å². The van der Waals surface area contributed by atoms with E-state index in [2.05, 4.69) is 44.6 Å². The first kappa shape index (κ1) is 14.3. The van der Waals surface area contributed by atoms with Gasteiger partial charge in [-0.2, -0.15) is 0 Å². The van der Waals surface area contributed by atoms with Gasteiger partial charge in [0.2, 0.25) is 5.13 Å². The summed E-state index contributed by atoms with van der Waals surface area (Å²) < 4.78 is 0. The van der Waals surface area contributed by atoms with Crippen LogP contribution in [0.1, 0.15) is 29.3 Å². The number of hydrogen-bond acceptors (Lipinski definition) is 7. The zero-order chi connectivity index (χ0) is 14.5. The maximum Gasteiger partial charge on any atom is 0.277 e.